The minimum atomic E-state index is -0.101. The largest absolute Gasteiger partial charge is 0.495 e. The van der Waals surface area contributed by atoms with Crippen molar-refractivity contribution in [1.82, 2.24) is 5.32 Å². The van der Waals surface area contributed by atoms with Gasteiger partial charge in [0.15, 0.2) is 0 Å². The minimum absolute atomic E-state index is 0.101. The number of hydrogen-bond acceptors (Lipinski definition) is 2. The number of benzene rings is 1. The van der Waals surface area contributed by atoms with Crippen molar-refractivity contribution in [1.29, 1.82) is 0 Å². The molecule has 98 valence electrons. The summed E-state index contributed by atoms with van der Waals surface area (Å²) in [5.74, 6) is 0.522. The number of nitrogens with one attached hydrogen (secondary N) is 1. The molecule has 1 unspecified atom stereocenters. The molecular weight excluding hydrogens is 250 g/mol. The van der Waals surface area contributed by atoms with Crippen molar-refractivity contribution in [3.05, 3.63) is 34.9 Å². The van der Waals surface area contributed by atoms with Crippen molar-refractivity contribution in [3.8, 4) is 5.75 Å². The van der Waals surface area contributed by atoms with Crippen LogP contribution in [0.2, 0.25) is 5.02 Å². The Kier molecular flexibility index (Phi) is 5.72. The van der Waals surface area contributed by atoms with E-state index in [4.69, 9.17) is 16.3 Å². The maximum atomic E-state index is 11.5. The maximum absolute atomic E-state index is 11.5. The summed E-state index contributed by atoms with van der Waals surface area (Å²) in [4.78, 5) is 11.5. The van der Waals surface area contributed by atoms with Crippen LogP contribution < -0.4 is 10.1 Å². The zero-order valence-electron chi connectivity index (χ0n) is 10.9. The number of hydrogen-bond donors (Lipinski definition) is 1. The van der Waals surface area contributed by atoms with Gasteiger partial charge in [0, 0.05) is 12.1 Å². The molecular formula is C14H18ClNO2. The number of methoxy groups -OCH3 is 1. The number of rotatable bonds is 5. The van der Waals surface area contributed by atoms with Gasteiger partial charge in [-0.25, -0.2) is 0 Å². The van der Waals surface area contributed by atoms with Crippen LogP contribution in [0.1, 0.15) is 25.8 Å². The topological polar surface area (TPSA) is 38.3 Å². The van der Waals surface area contributed by atoms with Crippen molar-refractivity contribution in [2.45, 2.75) is 26.3 Å². The van der Waals surface area contributed by atoms with Crippen LogP contribution in [0.25, 0.3) is 6.08 Å². The summed E-state index contributed by atoms with van der Waals surface area (Å²) in [6, 6.07) is 5.56. The highest BCUT2D eigenvalue weighted by Crippen LogP contribution is 2.25. The van der Waals surface area contributed by atoms with Crippen LogP contribution in [0, 0.1) is 0 Å². The minimum Gasteiger partial charge on any atom is -0.495 e. The molecule has 1 atom stereocenters. The highest BCUT2D eigenvalue weighted by atomic mass is 35.5. The number of amides is 1. The first-order valence-electron chi connectivity index (χ1n) is 5.89. The second-order valence-corrected chi connectivity index (χ2v) is 4.45. The van der Waals surface area contributed by atoms with Crippen molar-refractivity contribution < 1.29 is 9.53 Å². The molecule has 1 amide bonds. The van der Waals surface area contributed by atoms with E-state index >= 15 is 0 Å². The lowest BCUT2D eigenvalue weighted by Gasteiger charge is -2.08. The van der Waals surface area contributed by atoms with Gasteiger partial charge in [0.05, 0.1) is 12.1 Å². The first kappa shape index (κ1) is 14.6. The predicted octanol–water partition coefficient (Wildman–Crippen LogP) is 3.28. The molecule has 0 radical (unpaired) electrons. The Balaban J connectivity index is 2.67. The van der Waals surface area contributed by atoms with E-state index in [-0.39, 0.29) is 11.9 Å². The van der Waals surface area contributed by atoms with E-state index in [1.54, 1.807) is 25.3 Å². The molecule has 0 saturated heterocycles. The zero-order valence-corrected chi connectivity index (χ0v) is 11.6. The van der Waals surface area contributed by atoms with Gasteiger partial charge in [0.25, 0.3) is 0 Å². The van der Waals surface area contributed by atoms with Gasteiger partial charge in [-0.1, -0.05) is 24.6 Å². The van der Waals surface area contributed by atoms with Crippen LogP contribution in [0.15, 0.2) is 24.3 Å². The molecule has 0 aliphatic heterocycles. The molecule has 0 aliphatic rings. The van der Waals surface area contributed by atoms with Crippen LogP contribution in [0.4, 0.5) is 0 Å². The standard InChI is InChI=1S/C14H18ClNO2/c1-4-10(2)16-14(17)8-6-11-5-7-13(18-3)12(15)9-11/h5-10H,4H2,1-3H3,(H,16,17)/b8-6+. The Hall–Kier alpha value is -1.48. The van der Waals surface area contributed by atoms with Crippen LogP contribution in [0.3, 0.4) is 0 Å². The molecule has 0 fully saturated rings. The Morgan fingerprint density at radius 3 is 2.83 bits per heavy atom. The van der Waals surface area contributed by atoms with E-state index in [0.29, 0.717) is 10.8 Å². The van der Waals surface area contributed by atoms with E-state index in [2.05, 4.69) is 5.32 Å². The highest BCUT2D eigenvalue weighted by molar-refractivity contribution is 6.32. The lowest BCUT2D eigenvalue weighted by atomic mass is 10.2. The van der Waals surface area contributed by atoms with Gasteiger partial charge in [-0.05, 0) is 37.1 Å². The number of ether oxygens (including phenoxy) is 1. The normalized spacial score (nSPS) is 12.4. The van der Waals surface area contributed by atoms with Crippen molar-refractivity contribution in [2.24, 2.45) is 0 Å². The summed E-state index contributed by atoms with van der Waals surface area (Å²) < 4.78 is 5.06. The summed E-state index contributed by atoms with van der Waals surface area (Å²) in [5, 5.41) is 3.38. The molecule has 18 heavy (non-hydrogen) atoms. The molecule has 3 nitrogen and oxygen atoms in total. The Bertz CT molecular complexity index is 443. The van der Waals surface area contributed by atoms with Gasteiger partial charge < -0.3 is 10.1 Å². The van der Waals surface area contributed by atoms with E-state index in [1.807, 2.05) is 19.9 Å². The summed E-state index contributed by atoms with van der Waals surface area (Å²) in [7, 11) is 1.57. The van der Waals surface area contributed by atoms with Crippen molar-refractivity contribution in [3.63, 3.8) is 0 Å². The zero-order chi connectivity index (χ0) is 13.5. The molecule has 1 rings (SSSR count). The molecule has 1 aromatic rings. The molecule has 4 heteroatoms. The average molecular weight is 268 g/mol. The van der Waals surface area contributed by atoms with E-state index in [9.17, 15) is 4.79 Å². The lowest BCUT2D eigenvalue weighted by Crippen LogP contribution is -2.30. The quantitative estimate of drug-likeness (QED) is 0.832. The Labute approximate surface area is 113 Å². The third kappa shape index (κ3) is 4.41. The lowest BCUT2D eigenvalue weighted by molar-refractivity contribution is -0.117. The Morgan fingerprint density at radius 2 is 2.28 bits per heavy atom. The molecule has 0 bridgehead atoms. The van der Waals surface area contributed by atoms with Gasteiger partial charge in [-0.15, -0.1) is 0 Å². The number of halogens is 1. The third-order valence-electron chi connectivity index (χ3n) is 2.60. The number of carbonyl (C=O) groups is 1. The van der Waals surface area contributed by atoms with E-state index < -0.39 is 0 Å². The number of carbonyl (C=O) groups excluding carboxylic acids is 1. The first-order chi connectivity index (χ1) is 8.56. The molecule has 0 saturated carbocycles. The Morgan fingerprint density at radius 1 is 1.56 bits per heavy atom. The SMILES string of the molecule is CCC(C)NC(=O)/C=C/c1ccc(OC)c(Cl)c1. The highest BCUT2D eigenvalue weighted by Gasteiger charge is 2.02. The smallest absolute Gasteiger partial charge is 0.244 e. The molecule has 0 heterocycles. The summed E-state index contributed by atoms with van der Waals surface area (Å²) in [6.07, 6.45) is 4.14. The maximum Gasteiger partial charge on any atom is 0.244 e. The second kappa shape index (κ2) is 7.07. The van der Waals surface area contributed by atoms with Crippen LogP contribution >= 0.6 is 11.6 Å². The molecule has 1 N–H and O–H groups in total. The van der Waals surface area contributed by atoms with Gasteiger partial charge in [-0.3, -0.25) is 4.79 Å². The third-order valence-corrected chi connectivity index (χ3v) is 2.90. The fourth-order valence-corrected chi connectivity index (χ4v) is 1.62. The molecule has 0 aliphatic carbocycles. The summed E-state index contributed by atoms with van der Waals surface area (Å²) >= 11 is 5.99. The van der Waals surface area contributed by atoms with Crippen molar-refractivity contribution in [2.75, 3.05) is 7.11 Å². The van der Waals surface area contributed by atoms with Crippen LogP contribution in [-0.4, -0.2) is 19.1 Å². The van der Waals surface area contributed by atoms with Crippen molar-refractivity contribution >= 4 is 23.6 Å². The first-order valence-corrected chi connectivity index (χ1v) is 6.26. The molecule has 0 spiro atoms. The van der Waals surface area contributed by atoms with Crippen LogP contribution in [-0.2, 0) is 4.79 Å². The van der Waals surface area contributed by atoms with Gasteiger partial charge >= 0.3 is 0 Å². The van der Waals surface area contributed by atoms with Gasteiger partial charge in [0.2, 0.25) is 5.91 Å². The summed E-state index contributed by atoms with van der Waals surface area (Å²) in [6.45, 7) is 3.99. The summed E-state index contributed by atoms with van der Waals surface area (Å²) in [5.41, 5.74) is 0.861. The molecule has 1 aromatic carbocycles. The fraction of sp³-hybridized carbons (Fsp3) is 0.357. The van der Waals surface area contributed by atoms with Gasteiger partial charge in [-0.2, -0.15) is 0 Å². The second-order valence-electron chi connectivity index (χ2n) is 4.05. The fourth-order valence-electron chi connectivity index (χ4n) is 1.35. The van der Waals surface area contributed by atoms with E-state index in [0.717, 1.165) is 12.0 Å². The van der Waals surface area contributed by atoms with Crippen LogP contribution in [0.5, 0.6) is 5.75 Å². The monoisotopic (exact) mass is 267 g/mol. The van der Waals surface area contributed by atoms with E-state index in [1.165, 1.54) is 6.08 Å². The van der Waals surface area contributed by atoms with Gasteiger partial charge in [0.1, 0.15) is 5.75 Å². The molecule has 0 aromatic heterocycles. The average Bonchev–Trinajstić information content (AvgIpc) is 2.36. The predicted molar refractivity (Wildman–Crippen MR) is 74.9 cm³/mol.